The van der Waals surface area contributed by atoms with Crippen LogP contribution in [0.1, 0.15) is 25.7 Å². The fraction of sp³-hybridized carbons (Fsp3) is 0.600. The number of aromatic nitrogens is 2. The highest BCUT2D eigenvalue weighted by Gasteiger charge is 2.45. The van der Waals surface area contributed by atoms with Gasteiger partial charge in [0.25, 0.3) is 0 Å². The smallest absolute Gasteiger partial charge is 0.221 e. The van der Waals surface area contributed by atoms with E-state index in [1.165, 1.54) is 0 Å². The van der Waals surface area contributed by atoms with Crippen molar-refractivity contribution in [3.05, 3.63) is 18.7 Å². The predicted molar refractivity (Wildman–Crippen MR) is 60.6 cm³/mol. The summed E-state index contributed by atoms with van der Waals surface area (Å²) in [5.41, 5.74) is -0.167. The van der Waals surface area contributed by atoms with Crippen molar-refractivity contribution in [2.45, 2.75) is 31.3 Å². The number of carbonyl (C=O) groups excluding carboxylic acids is 1. The van der Waals surface area contributed by atoms with Crippen molar-refractivity contribution in [1.29, 1.82) is 0 Å². The summed E-state index contributed by atoms with van der Waals surface area (Å²) >= 11 is 3.32. The molecule has 0 radical (unpaired) electrons. The molecule has 1 N–H and O–H groups in total. The van der Waals surface area contributed by atoms with E-state index in [2.05, 4.69) is 26.2 Å². The second-order valence-corrected chi connectivity index (χ2v) is 4.64. The molecule has 1 heterocycles. The molecule has 0 atom stereocenters. The Hall–Kier alpha value is -0.840. The van der Waals surface area contributed by atoms with E-state index in [1.54, 1.807) is 12.5 Å². The quantitative estimate of drug-likeness (QED) is 0.828. The Labute approximate surface area is 97.2 Å². The third-order valence-corrected chi connectivity index (χ3v) is 3.19. The van der Waals surface area contributed by atoms with Gasteiger partial charge in [-0.05, 0) is 19.3 Å². The highest BCUT2D eigenvalue weighted by molar-refractivity contribution is 9.09. The number of hydrogen-bond acceptors (Lipinski definition) is 2. The number of hydrogen-bond donors (Lipinski definition) is 1. The third-order valence-electron chi connectivity index (χ3n) is 2.63. The molecule has 0 aliphatic heterocycles. The summed E-state index contributed by atoms with van der Waals surface area (Å²) in [6.45, 7) is 0. The van der Waals surface area contributed by atoms with Crippen molar-refractivity contribution in [3.63, 3.8) is 0 Å². The summed E-state index contributed by atoms with van der Waals surface area (Å²) in [5, 5.41) is 3.94. The molecule has 0 bridgehead atoms. The van der Waals surface area contributed by atoms with E-state index in [9.17, 15) is 4.79 Å². The molecule has 1 saturated carbocycles. The van der Waals surface area contributed by atoms with Crippen LogP contribution in [-0.4, -0.2) is 20.8 Å². The second kappa shape index (κ2) is 4.35. The van der Waals surface area contributed by atoms with Crippen molar-refractivity contribution in [1.82, 2.24) is 14.9 Å². The largest absolute Gasteiger partial charge is 0.333 e. The predicted octanol–water partition coefficient (Wildman–Crippen LogP) is 1.62. The first-order valence-corrected chi connectivity index (χ1v) is 6.24. The van der Waals surface area contributed by atoms with Gasteiger partial charge >= 0.3 is 0 Å². The lowest BCUT2D eigenvalue weighted by Crippen LogP contribution is -2.38. The first-order chi connectivity index (χ1) is 7.27. The summed E-state index contributed by atoms with van der Waals surface area (Å²) in [5.74, 6) is 0.126. The van der Waals surface area contributed by atoms with E-state index in [4.69, 9.17) is 0 Å². The lowest BCUT2D eigenvalue weighted by Gasteiger charge is -2.18. The summed E-state index contributed by atoms with van der Waals surface area (Å²) in [6, 6.07) is 0. The SMILES string of the molecule is O=C(CCCBr)NC1(n2ccnc2)CC1. The molecule has 0 unspecified atom stereocenters. The van der Waals surface area contributed by atoms with Gasteiger partial charge in [-0.1, -0.05) is 15.9 Å². The summed E-state index contributed by atoms with van der Waals surface area (Å²) < 4.78 is 1.99. The highest BCUT2D eigenvalue weighted by atomic mass is 79.9. The van der Waals surface area contributed by atoms with Crippen LogP contribution in [0, 0.1) is 0 Å². The average molecular weight is 272 g/mol. The van der Waals surface area contributed by atoms with E-state index in [-0.39, 0.29) is 11.6 Å². The van der Waals surface area contributed by atoms with Gasteiger partial charge in [0.1, 0.15) is 5.66 Å². The van der Waals surface area contributed by atoms with Gasteiger partial charge in [-0.15, -0.1) is 0 Å². The van der Waals surface area contributed by atoms with Crippen LogP contribution in [0.5, 0.6) is 0 Å². The number of nitrogens with one attached hydrogen (secondary N) is 1. The third kappa shape index (κ3) is 2.40. The molecule has 1 aliphatic rings. The molecular formula is C10H14BrN3O. The Bertz CT molecular complexity index is 332. The zero-order chi connectivity index (χ0) is 10.7. The first-order valence-electron chi connectivity index (χ1n) is 5.12. The van der Waals surface area contributed by atoms with Crippen LogP contribution in [0.25, 0.3) is 0 Å². The Kier molecular flexibility index (Phi) is 3.09. The molecule has 1 aromatic heterocycles. The van der Waals surface area contributed by atoms with Crippen molar-refractivity contribution < 1.29 is 4.79 Å². The molecule has 0 aromatic carbocycles. The molecule has 0 spiro atoms. The van der Waals surface area contributed by atoms with E-state index in [0.29, 0.717) is 6.42 Å². The molecule has 0 saturated heterocycles. The number of halogens is 1. The Balaban J connectivity index is 1.92. The maximum absolute atomic E-state index is 11.6. The normalized spacial score (nSPS) is 17.4. The Morgan fingerprint density at radius 2 is 2.40 bits per heavy atom. The number of carbonyl (C=O) groups is 1. The minimum atomic E-state index is -0.167. The van der Waals surface area contributed by atoms with Crippen LogP contribution in [0.4, 0.5) is 0 Å². The van der Waals surface area contributed by atoms with Crippen LogP contribution < -0.4 is 5.32 Å². The van der Waals surface area contributed by atoms with E-state index in [1.807, 2.05) is 10.8 Å². The number of amides is 1. The van der Waals surface area contributed by atoms with Gasteiger partial charge in [-0.2, -0.15) is 0 Å². The van der Waals surface area contributed by atoms with Gasteiger partial charge in [-0.3, -0.25) is 4.79 Å². The van der Waals surface area contributed by atoms with Crippen LogP contribution >= 0.6 is 15.9 Å². The van der Waals surface area contributed by atoms with Crippen LogP contribution in [0.15, 0.2) is 18.7 Å². The Morgan fingerprint density at radius 1 is 1.60 bits per heavy atom. The van der Waals surface area contributed by atoms with Gasteiger partial charge < -0.3 is 9.88 Å². The molecular weight excluding hydrogens is 258 g/mol. The van der Waals surface area contributed by atoms with E-state index < -0.39 is 0 Å². The Morgan fingerprint density at radius 3 is 2.93 bits per heavy atom. The van der Waals surface area contributed by atoms with Gasteiger partial charge in [0.2, 0.25) is 5.91 Å². The van der Waals surface area contributed by atoms with Crippen molar-refractivity contribution >= 4 is 21.8 Å². The maximum Gasteiger partial charge on any atom is 0.221 e. The minimum Gasteiger partial charge on any atom is -0.333 e. The van der Waals surface area contributed by atoms with Crippen LogP contribution in [-0.2, 0) is 10.5 Å². The monoisotopic (exact) mass is 271 g/mol. The minimum absolute atomic E-state index is 0.126. The van der Waals surface area contributed by atoms with Gasteiger partial charge in [0.05, 0.1) is 6.33 Å². The fourth-order valence-electron chi connectivity index (χ4n) is 1.63. The average Bonchev–Trinajstić information content (AvgIpc) is 2.82. The number of alkyl halides is 1. The van der Waals surface area contributed by atoms with Crippen molar-refractivity contribution in [2.24, 2.45) is 0 Å². The highest BCUT2D eigenvalue weighted by Crippen LogP contribution is 2.40. The standard InChI is InChI=1S/C10H14BrN3O/c11-5-1-2-9(15)13-10(3-4-10)14-7-6-12-8-14/h6-8H,1-5H2,(H,13,15). The maximum atomic E-state index is 11.6. The van der Waals surface area contributed by atoms with Gasteiger partial charge in [0, 0.05) is 24.1 Å². The van der Waals surface area contributed by atoms with Gasteiger partial charge in [-0.25, -0.2) is 4.98 Å². The number of nitrogens with zero attached hydrogens (tertiary/aromatic N) is 2. The summed E-state index contributed by atoms with van der Waals surface area (Å²) in [6.07, 6.45) is 8.88. The molecule has 1 aromatic rings. The zero-order valence-corrected chi connectivity index (χ0v) is 10.0. The first kappa shape index (κ1) is 10.7. The molecule has 1 aliphatic carbocycles. The van der Waals surface area contributed by atoms with E-state index in [0.717, 1.165) is 24.6 Å². The van der Waals surface area contributed by atoms with E-state index >= 15 is 0 Å². The fourth-order valence-corrected chi connectivity index (χ4v) is 1.91. The van der Waals surface area contributed by atoms with Crippen LogP contribution in [0.2, 0.25) is 0 Å². The number of rotatable bonds is 5. The van der Waals surface area contributed by atoms with Crippen molar-refractivity contribution in [2.75, 3.05) is 5.33 Å². The zero-order valence-electron chi connectivity index (χ0n) is 8.45. The lowest BCUT2D eigenvalue weighted by molar-refractivity contribution is -0.122. The van der Waals surface area contributed by atoms with Crippen LogP contribution in [0.3, 0.4) is 0 Å². The molecule has 82 valence electrons. The topological polar surface area (TPSA) is 46.9 Å². The summed E-state index contributed by atoms with van der Waals surface area (Å²) in [7, 11) is 0. The summed E-state index contributed by atoms with van der Waals surface area (Å²) in [4.78, 5) is 15.6. The molecule has 1 amide bonds. The lowest BCUT2D eigenvalue weighted by atomic mass is 10.3. The second-order valence-electron chi connectivity index (χ2n) is 3.84. The molecule has 4 nitrogen and oxygen atoms in total. The molecule has 1 fully saturated rings. The molecule has 5 heteroatoms. The van der Waals surface area contributed by atoms with Gasteiger partial charge in [0.15, 0.2) is 0 Å². The molecule has 2 rings (SSSR count). The molecule has 15 heavy (non-hydrogen) atoms. The van der Waals surface area contributed by atoms with Crippen molar-refractivity contribution in [3.8, 4) is 0 Å². The number of imidazole rings is 1.